The summed E-state index contributed by atoms with van der Waals surface area (Å²) >= 11 is 3.42. The number of hydrogen-bond donors (Lipinski definition) is 3. The lowest BCUT2D eigenvalue weighted by Crippen LogP contribution is -2.26. The van der Waals surface area contributed by atoms with Gasteiger partial charge in [-0.3, -0.25) is 4.79 Å². The van der Waals surface area contributed by atoms with Crippen LogP contribution in [0.5, 0.6) is 5.75 Å². The Morgan fingerprint density at radius 1 is 1.19 bits per heavy atom. The normalized spacial score (nSPS) is 10.5. The second-order valence-corrected chi connectivity index (χ2v) is 6.60. The van der Waals surface area contributed by atoms with Gasteiger partial charge in [0.1, 0.15) is 11.6 Å². The van der Waals surface area contributed by atoms with Crippen molar-refractivity contribution >= 4 is 50.3 Å². The third-order valence-corrected chi connectivity index (χ3v) is 4.09. The van der Waals surface area contributed by atoms with Crippen molar-refractivity contribution in [2.75, 3.05) is 30.8 Å². The Hall–Kier alpha value is -2.94. The largest absolute Gasteiger partial charge is 0.497 e. The summed E-state index contributed by atoms with van der Waals surface area (Å²) in [6, 6.07) is 9.37. The molecule has 9 heteroatoms. The molecular weight excluding hydrogens is 412 g/mol. The van der Waals surface area contributed by atoms with Crippen molar-refractivity contribution in [1.82, 2.24) is 20.3 Å². The fraction of sp³-hybridized carbons (Fsp3) is 0.222. The Kier molecular flexibility index (Phi) is 6.02. The van der Waals surface area contributed by atoms with Crippen molar-refractivity contribution in [3.8, 4) is 5.75 Å². The molecule has 8 nitrogen and oxygen atoms in total. The first kappa shape index (κ1) is 18.8. The highest BCUT2D eigenvalue weighted by Gasteiger charge is 2.10. The first-order valence-corrected chi connectivity index (χ1v) is 9.07. The van der Waals surface area contributed by atoms with Crippen molar-refractivity contribution in [2.24, 2.45) is 0 Å². The molecule has 0 saturated heterocycles. The summed E-state index contributed by atoms with van der Waals surface area (Å²) < 4.78 is 6.00. The molecule has 0 radical (unpaired) electrons. The van der Waals surface area contributed by atoms with Gasteiger partial charge in [0.2, 0.25) is 11.9 Å². The number of rotatable bonds is 7. The number of carbonyl (C=O) groups is 1. The molecule has 0 atom stereocenters. The zero-order valence-electron chi connectivity index (χ0n) is 14.9. The zero-order chi connectivity index (χ0) is 19.2. The highest BCUT2D eigenvalue weighted by molar-refractivity contribution is 9.10. The summed E-state index contributed by atoms with van der Waals surface area (Å²) in [7, 11) is 1.62. The van der Waals surface area contributed by atoms with Gasteiger partial charge in [0.05, 0.1) is 12.5 Å². The van der Waals surface area contributed by atoms with E-state index in [0.29, 0.717) is 30.5 Å². The van der Waals surface area contributed by atoms with Crippen LogP contribution in [-0.4, -0.2) is 41.1 Å². The number of ether oxygens (including phenoxy) is 1. The summed E-state index contributed by atoms with van der Waals surface area (Å²) in [5.74, 6) is 1.75. The van der Waals surface area contributed by atoms with E-state index < -0.39 is 0 Å². The third-order valence-electron chi connectivity index (χ3n) is 3.66. The van der Waals surface area contributed by atoms with Crippen LogP contribution in [0.4, 0.5) is 17.5 Å². The fourth-order valence-corrected chi connectivity index (χ4v) is 2.73. The molecule has 0 aliphatic heterocycles. The Bertz CT molecular complexity index is 948. The lowest BCUT2D eigenvalue weighted by molar-refractivity contribution is -0.118. The molecule has 0 saturated carbocycles. The van der Waals surface area contributed by atoms with Gasteiger partial charge in [-0.15, -0.1) is 0 Å². The molecule has 1 aromatic carbocycles. The predicted octanol–water partition coefficient (Wildman–Crippen LogP) is 3.09. The van der Waals surface area contributed by atoms with Gasteiger partial charge in [0, 0.05) is 36.4 Å². The van der Waals surface area contributed by atoms with E-state index in [4.69, 9.17) is 4.74 Å². The molecule has 140 valence electrons. The second kappa shape index (κ2) is 8.63. The summed E-state index contributed by atoms with van der Waals surface area (Å²) in [4.78, 5) is 24.4. The van der Waals surface area contributed by atoms with Crippen molar-refractivity contribution in [3.63, 3.8) is 0 Å². The number of benzene rings is 1. The average molecular weight is 431 g/mol. The molecule has 3 rings (SSSR count). The maximum atomic E-state index is 11.0. The van der Waals surface area contributed by atoms with Crippen molar-refractivity contribution < 1.29 is 9.53 Å². The first-order valence-electron chi connectivity index (χ1n) is 8.28. The maximum absolute atomic E-state index is 11.0. The minimum absolute atomic E-state index is 0.0735. The van der Waals surface area contributed by atoms with E-state index in [1.807, 2.05) is 30.3 Å². The van der Waals surface area contributed by atoms with Crippen LogP contribution in [0.3, 0.4) is 0 Å². The topological polar surface area (TPSA) is 101 Å². The van der Waals surface area contributed by atoms with Crippen LogP contribution in [0.2, 0.25) is 0 Å². The van der Waals surface area contributed by atoms with Crippen LogP contribution in [0.1, 0.15) is 6.92 Å². The lowest BCUT2D eigenvalue weighted by atomic mass is 10.3. The van der Waals surface area contributed by atoms with Crippen LogP contribution in [-0.2, 0) is 4.79 Å². The van der Waals surface area contributed by atoms with Crippen molar-refractivity contribution in [3.05, 3.63) is 41.0 Å². The van der Waals surface area contributed by atoms with E-state index in [0.717, 1.165) is 21.3 Å². The lowest BCUT2D eigenvalue weighted by Gasteiger charge is -2.12. The molecule has 0 bridgehead atoms. The molecule has 3 N–H and O–H groups in total. The van der Waals surface area contributed by atoms with E-state index in [2.05, 4.69) is 46.8 Å². The van der Waals surface area contributed by atoms with Gasteiger partial charge >= 0.3 is 0 Å². The number of nitrogens with zero attached hydrogens (tertiary/aromatic N) is 3. The summed E-state index contributed by atoms with van der Waals surface area (Å²) in [6.07, 6.45) is 1.69. The number of anilines is 3. The van der Waals surface area contributed by atoms with Crippen LogP contribution >= 0.6 is 15.9 Å². The van der Waals surface area contributed by atoms with Crippen LogP contribution in [0.25, 0.3) is 11.0 Å². The van der Waals surface area contributed by atoms with Gasteiger partial charge in [0.25, 0.3) is 0 Å². The number of hydrogen-bond acceptors (Lipinski definition) is 7. The van der Waals surface area contributed by atoms with Gasteiger partial charge in [-0.2, -0.15) is 9.97 Å². The fourth-order valence-electron chi connectivity index (χ4n) is 2.40. The number of amides is 1. The number of fused-ring (bicyclic) bond motifs is 1. The number of nitrogens with one attached hydrogen (secondary N) is 3. The SMILES string of the molecule is COc1ccc(Nc2nc(NCCNC(C)=O)c3cc(Br)cnc3n2)cc1. The summed E-state index contributed by atoms with van der Waals surface area (Å²) in [5.41, 5.74) is 1.39. The molecule has 27 heavy (non-hydrogen) atoms. The molecule has 0 fully saturated rings. The molecule has 3 aromatic rings. The number of halogens is 1. The van der Waals surface area contributed by atoms with Crippen molar-refractivity contribution in [2.45, 2.75) is 6.92 Å². The third kappa shape index (κ3) is 5.04. The molecule has 0 aliphatic rings. The minimum Gasteiger partial charge on any atom is -0.497 e. The van der Waals surface area contributed by atoms with Gasteiger partial charge in [-0.25, -0.2) is 4.98 Å². The van der Waals surface area contributed by atoms with Crippen molar-refractivity contribution in [1.29, 1.82) is 0 Å². The van der Waals surface area contributed by atoms with E-state index in [1.54, 1.807) is 13.3 Å². The van der Waals surface area contributed by atoms with Gasteiger partial charge in [0.15, 0.2) is 5.65 Å². The highest BCUT2D eigenvalue weighted by atomic mass is 79.9. The minimum atomic E-state index is -0.0735. The summed E-state index contributed by atoms with van der Waals surface area (Å²) in [5, 5.41) is 9.93. The Morgan fingerprint density at radius 2 is 1.96 bits per heavy atom. The van der Waals surface area contributed by atoms with Gasteiger partial charge in [-0.1, -0.05) is 0 Å². The Balaban J connectivity index is 1.86. The number of pyridine rings is 1. The monoisotopic (exact) mass is 430 g/mol. The number of aromatic nitrogens is 3. The quantitative estimate of drug-likeness (QED) is 0.495. The maximum Gasteiger partial charge on any atom is 0.231 e. The molecular formula is C18H19BrN6O2. The first-order chi connectivity index (χ1) is 13.0. The number of carbonyl (C=O) groups excluding carboxylic acids is 1. The Morgan fingerprint density at radius 3 is 2.67 bits per heavy atom. The molecule has 1 amide bonds. The van der Waals surface area contributed by atoms with Crippen LogP contribution in [0, 0.1) is 0 Å². The highest BCUT2D eigenvalue weighted by Crippen LogP contribution is 2.25. The molecule has 0 spiro atoms. The smallest absolute Gasteiger partial charge is 0.231 e. The predicted molar refractivity (Wildman–Crippen MR) is 108 cm³/mol. The van der Waals surface area contributed by atoms with E-state index in [1.165, 1.54) is 6.92 Å². The van der Waals surface area contributed by atoms with E-state index >= 15 is 0 Å². The van der Waals surface area contributed by atoms with Crippen LogP contribution < -0.4 is 20.7 Å². The van der Waals surface area contributed by atoms with E-state index in [9.17, 15) is 4.79 Å². The number of methoxy groups -OCH3 is 1. The molecule has 0 aliphatic carbocycles. The molecule has 0 unspecified atom stereocenters. The standard InChI is InChI=1S/C18H19BrN6O2/c1-11(26)20-7-8-21-16-15-9-12(19)10-22-17(15)25-18(24-16)23-13-3-5-14(27-2)6-4-13/h3-6,9-10H,7-8H2,1-2H3,(H,20,26)(H2,21,22,23,24,25). The average Bonchev–Trinajstić information content (AvgIpc) is 2.66. The van der Waals surface area contributed by atoms with E-state index in [-0.39, 0.29) is 5.91 Å². The molecule has 2 aromatic heterocycles. The Labute approximate surface area is 164 Å². The van der Waals surface area contributed by atoms with Gasteiger partial charge < -0.3 is 20.7 Å². The molecule has 2 heterocycles. The van der Waals surface area contributed by atoms with Crippen LogP contribution in [0.15, 0.2) is 41.0 Å². The van der Waals surface area contributed by atoms with Gasteiger partial charge in [-0.05, 0) is 46.3 Å². The second-order valence-electron chi connectivity index (χ2n) is 5.68. The zero-order valence-corrected chi connectivity index (χ0v) is 16.5. The summed E-state index contributed by atoms with van der Waals surface area (Å²) in [6.45, 7) is 2.50.